The number of nitrogens with zero attached hydrogens (tertiary/aromatic N) is 2. The number of aryl methyl sites for hydroxylation is 2. The SMILES string of the molecule is CCN(CC(=O)Nc1cc(Cl)ccc1C)C(=O)c1csc(-c2ccc(C)cc2)n1. The Morgan fingerprint density at radius 3 is 2.55 bits per heavy atom. The van der Waals surface area contributed by atoms with Crippen LogP contribution in [0.2, 0.25) is 5.02 Å². The van der Waals surface area contributed by atoms with E-state index in [-0.39, 0.29) is 18.4 Å². The minimum absolute atomic E-state index is 0.0569. The number of nitrogens with one attached hydrogen (secondary N) is 1. The summed E-state index contributed by atoms with van der Waals surface area (Å²) in [4.78, 5) is 31.3. The minimum atomic E-state index is -0.278. The minimum Gasteiger partial charge on any atom is -0.328 e. The molecule has 1 aromatic heterocycles. The van der Waals surface area contributed by atoms with E-state index in [9.17, 15) is 9.59 Å². The van der Waals surface area contributed by atoms with Gasteiger partial charge in [0.05, 0.1) is 0 Å². The number of aromatic nitrogens is 1. The molecule has 7 heteroatoms. The van der Waals surface area contributed by atoms with Crippen LogP contribution in [0.4, 0.5) is 5.69 Å². The molecule has 0 aliphatic heterocycles. The first-order valence-electron chi connectivity index (χ1n) is 9.25. The van der Waals surface area contributed by atoms with Crippen LogP contribution in [0.25, 0.3) is 10.6 Å². The summed E-state index contributed by atoms with van der Waals surface area (Å²) in [6.45, 7) is 6.09. The molecule has 150 valence electrons. The van der Waals surface area contributed by atoms with Gasteiger partial charge in [0.2, 0.25) is 5.91 Å². The Kier molecular flexibility index (Phi) is 6.67. The molecule has 0 radical (unpaired) electrons. The third kappa shape index (κ3) is 5.22. The highest BCUT2D eigenvalue weighted by atomic mass is 35.5. The summed E-state index contributed by atoms with van der Waals surface area (Å²) in [5.74, 6) is -0.542. The molecule has 0 aliphatic rings. The Balaban J connectivity index is 1.69. The second-order valence-corrected chi connectivity index (χ2v) is 8.03. The first kappa shape index (κ1) is 21.0. The second kappa shape index (κ2) is 9.20. The van der Waals surface area contributed by atoms with Crippen LogP contribution in [-0.4, -0.2) is 34.8 Å². The van der Waals surface area contributed by atoms with Crippen LogP contribution >= 0.6 is 22.9 Å². The van der Waals surface area contributed by atoms with E-state index in [0.717, 1.165) is 16.1 Å². The Labute approximate surface area is 179 Å². The van der Waals surface area contributed by atoms with Gasteiger partial charge in [-0.3, -0.25) is 9.59 Å². The van der Waals surface area contributed by atoms with Gasteiger partial charge >= 0.3 is 0 Å². The monoisotopic (exact) mass is 427 g/mol. The number of carbonyl (C=O) groups excluding carboxylic acids is 2. The van der Waals surface area contributed by atoms with Gasteiger partial charge in [0.25, 0.3) is 5.91 Å². The zero-order valence-corrected chi connectivity index (χ0v) is 18.1. The van der Waals surface area contributed by atoms with Crippen molar-refractivity contribution in [1.29, 1.82) is 0 Å². The quantitative estimate of drug-likeness (QED) is 0.589. The number of rotatable bonds is 6. The molecular formula is C22H22ClN3O2S. The highest BCUT2D eigenvalue weighted by molar-refractivity contribution is 7.13. The lowest BCUT2D eigenvalue weighted by molar-refractivity contribution is -0.116. The van der Waals surface area contributed by atoms with Crippen molar-refractivity contribution in [3.8, 4) is 10.6 Å². The summed E-state index contributed by atoms with van der Waals surface area (Å²) in [6, 6.07) is 13.3. The molecule has 0 bridgehead atoms. The molecule has 0 aliphatic carbocycles. The number of anilines is 1. The van der Waals surface area contributed by atoms with E-state index in [1.165, 1.54) is 21.8 Å². The van der Waals surface area contributed by atoms with Crippen LogP contribution in [0.3, 0.4) is 0 Å². The summed E-state index contributed by atoms with van der Waals surface area (Å²) in [7, 11) is 0. The third-order valence-corrected chi connectivity index (χ3v) is 5.63. The maximum atomic E-state index is 12.9. The van der Waals surface area contributed by atoms with E-state index >= 15 is 0 Å². The average molecular weight is 428 g/mol. The van der Waals surface area contributed by atoms with Crippen molar-refractivity contribution in [3.05, 3.63) is 69.7 Å². The first-order valence-corrected chi connectivity index (χ1v) is 10.5. The molecule has 3 rings (SSSR count). The number of likely N-dealkylation sites (N-methyl/N-ethyl adjacent to an activating group) is 1. The van der Waals surface area contributed by atoms with E-state index in [0.29, 0.717) is 22.9 Å². The topological polar surface area (TPSA) is 62.3 Å². The van der Waals surface area contributed by atoms with E-state index in [2.05, 4.69) is 10.3 Å². The van der Waals surface area contributed by atoms with Gasteiger partial charge in [-0.15, -0.1) is 11.3 Å². The van der Waals surface area contributed by atoms with E-state index in [1.54, 1.807) is 17.5 Å². The Morgan fingerprint density at radius 2 is 1.86 bits per heavy atom. The van der Waals surface area contributed by atoms with Crippen molar-refractivity contribution >= 4 is 40.4 Å². The fourth-order valence-corrected chi connectivity index (χ4v) is 3.75. The molecule has 1 heterocycles. The van der Waals surface area contributed by atoms with Gasteiger partial charge < -0.3 is 10.2 Å². The maximum Gasteiger partial charge on any atom is 0.273 e. The zero-order valence-electron chi connectivity index (χ0n) is 16.5. The molecule has 3 aromatic rings. The van der Waals surface area contributed by atoms with Crippen LogP contribution in [0.15, 0.2) is 47.8 Å². The maximum absolute atomic E-state index is 12.9. The Bertz CT molecular complexity index is 1030. The van der Waals surface area contributed by atoms with Gasteiger partial charge in [-0.05, 0) is 38.5 Å². The average Bonchev–Trinajstić information content (AvgIpc) is 3.19. The highest BCUT2D eigenvalue weighted by Gasteiger charge is 2.20. The number of thiazole rings is 1. The van der Waals surface area contributed by atoms with Gasteiger partial charge in [-0.1, -0.05) is 47.5 Å². The van der Waals surface area contributed by atoms with E-state index in [4.69, 9.17) is 11.6 Å². The van der Waals surface area contributed by atoms with Crippen molar-refractivity contribution < 1.29 is 9.59 Å². The number of hydrogen-bond acceptors (Lipinski definition) is 4. The number of halogens is 1. The van der Waals surface area contributed by atoms with Crippen molar-refractivity contribution in [2.75, 3.05) is 18.4 Å². The van der Waals surface area contributed by atoms with Gasteiger partial charge in [-0.25, -0.2) is 4.98 Å². The van der Waals surface area contributed by atoms with Gasteiger partial charge in [0.15, 0.2) is 0 Å². The van der Waals surface area contributed by atoms with Crippen LogP contribution in [-0.2, 0) is 4.79 Å². The molecule has 0 unspecified atom stereocenters. The van der Waals surface area contributed by atoms with Crippen LogP contribution in [0, 0.1) is 13.8 Å². The lowest BCUT2D eigenvalue weighted by atomic mass is 10.2. The van der Waals surface area contributed by atoms with Crippen molar-refractivity contribution in [2.45, 2.75) is 20.8 Å². The Hall–Kier alpha value is -2.70. The standard InChI is InChI=1S/C22H22ClN3O2S/c1-4-26(12-20(27)24-18-11-17(23)10-7-15(18)3)22(28)19-13-29-21(25-19)16-8-5-14(2)6-9-16/h5-11,13H,4,12H2,1-3H3,(H,24,27). The molecule has 1 N–H and O–H groups in total. The van der Waals surface area contributed by atoms with Crippen molar-refractivity contribution in [1.82, 2.24) is 9.88 Å². The summed E-state index contributed by atoms with van der Waals surface area (Å²) in [5, 5.41) is 5.88. The van der Waals surface area contributed by atoms with Crippen LogP contribution in [0.5, 0.6) is 0 Å². The molecule has 0 saturated carbocycles. The summed E-state index contributed by atoms with van der Waals surface area (Å²) < 4.78 is 0. The second-order valence-electron chi connectivity index (χ2n) is 6.73. The lowest BCUT2D eigenvalue weighted by Gasteiger charge is -2.19. The zero-order chi connectivity index (χ0) is 21.0. The first-order chi connectivity index (χ1) is 13.9. The predicted octanol–water partition coefficient (Wildman–Crippen LogP) is 5.18. The highest BCUT2D eigenvalue weighted by Crippen LogP contribution is 2.25. The van der Waals surface area contributed by atoms with Gasteiger partial charge in [0.1, 0.15) is 17.2 Å². The lowest BCUT2D eigenvalue weighted by Crippen LogP contribution is -2.38. The molecule has 0 atom stereocenters. The molecular weight excluding hydrogens is 406 g/mol. The molecule has 29 heavy (non-hydrogen) atoms. The summed E-state index contributed by atoms with van der Waals surface area (Å²) in [6.07, 6.45) is 0. The van der Waals surface area contributed by atoms with E-state index < -0.39 is 0 Å². The van der Waals surface area contributed by atoms with Crippen LogP contribution < -0.4 is 5.32 Å². The molecule has 0 saturated heterocycles. The molecule has 2 aromatic carbocycles. The van der Waals surface area contributed by atoms with Crippen molar-refractivity contribution in [2.24, 2.45) is 0 Å². The van der Waals surface area contributed by atoms with Gasteiger partial charge in [-0.2, -0.15) is 0 Å². The van der Waals surface area contributed by atoms with Gasteiger partial charge in [0, 0.05) is 28.2 Å². The van der Waals surface area contributed by atoms with E-state index in [1.807, 2.05) is 51.1 Å². The fourth-order valence-electron chi connectivity index (χ4n) is 2.78. The molecule has 2 amide bonds. The Morgan fingerprint density at radius 1 is 1.14 bits per heavy atom. The number of amides is 2. The predicted molar refractivity (Wildman–Crippen MR) is 119 cm³/mol. The van der Waals surface area contributed by atoms with Crippen molar-refractivity contribution in [3.63, 3.8) is 0 Å². The normalized spacial score (nSPS) is 10.6. The third-order valence-electron chi connectivity index (χ3n) is 4.50. The number of carbonyl (C=O) groups is 2. The fraction of sp³-hybridized carbons (Fsp3) is 0.227. The smallest absolute Gasteiger partial charge is 0.273 e. The molecule has 0 spiro atoms. The van der Waals surface area contributed by atoms with Crippen LogP contribution in [0.1, 0.15) is 28.5 Å². The summed E-state index contributed by atoms with van der Waals surface area (Å²) >= 11 is 7.42. The number of benzene rings is 2. The molecule has 0 fully saturated rings. The largest absolute Gasteiger partial charge is 0.328 e. The number of hydrogen-bond donors (Lipinski definition) is 1. The molecule has 5 nitrogen and oxygen atoms in total. The summed E-state index contributed by atoms with van der Waals surface area (Å²) in [5.41, 5.74) is 4.02.